The number of nitro benzene ring substituents is 1. The number of rotatable bonds is 5. The van der Waals surface area contributed by atoms with E-state index in [-0.39, 0.29) is 17.4 Å². The van der Waals surface area contributed by atoms with E-state index in [1.807, 2.05) is 35.4 Å². The third-order valence-electron chi connectivity index (χ3n) is 5.57. The number of ketones is 1. The lowest BCUT2D eigenvalue weighted by molar-refractivity contribution is -0.384. The first-order valence-electron chi connectivity index (χ1n) is 9.81. The summed E-state index contributed by atoms with van der Waals surface area (Å²) in [6.07, 6.45) is 2.19. The van der Waals surface area contributed by atoms with E-state index < -0.39 is 4.92 Å². The molecule has 0 radical (unpaired) electrons. The minimum absolute atomic E-state index is 0.0424. The highest BCUT2D eigenvalue weighted by atomic mass is 16.6. The topological polar surface area (TPSA) is 99.6 Å². The fourth-order valence-electron chi connectivity index (χ4n) is 3.91. The Morgan fingerprint density at radius 3 is 2.53 bits per heavy atom. The number of hydrogen-bond donors (Lipinski definition) is 1. The lowest BCUT2D eigenvalue weighted by Gasteiger charge is -2.36. The van der Waals surface area contributed by atoms with Crippen LogP contribution in [0.25, 0.3) is 10.9 Å². The number of amides is 1. The van der Waals surface area contributed by atoms with Crippen molar-refractivity contribution < 1.29 is 14.5 Å². The van der Waals surface area contributed by atoms with Crippen molar-refractivity contribution in [3.63, 3.8) is 0 Å². The second-order valence-corrected chi connectivity index (χ2v) is 7.42. The number of carbonyl (C=O) groups is 2. The third-order valence-corrected chi connectivity index (χ3v) is 5.57. The molecule has 1 fully saturated rings. The van der Waals surface area contributed by atoms with Crippen LogP contribution < -0.4 is 4.90 Å². The molecule has 0 aliphatic carbocycles. The van der Waals surface area contributed by atoms with E-state index in [0.717, 1.165) is 16.5 Å². The van der Waals surface area contributed by atoms with E-state index in [1.54, 1.807) is 17.0 Å². The fraction of sp³-hybridized carbons (Fsp3) is 0.273. The van der Waals surface area contributed by atoms with Crippen molar-refractivity contribution >= 4 is 34.0 Å². The molecular weight excluding hydrogens is 384 g/mol. The van der Waals surface area contributed by atoms with Crippen molar-refractivity contribution in [3.05, 3.63) is 69.9 Å². The Kier molecular flexibility index (Phi) is 5.22. The molecule has 1 saturated heterocycles. The molecule has 30 heavy (non-hydrogen) atoms. The van der Waals surface area contributed by atoms with Crippen molar-refractivity contribution in [2.24, 2.45) is 0 Å². The molecule has 2 aromatic carbocycles. The number of aromatic nitrogens is 1. The zero-order valence-electron chi connectivity index (χ0n) is 16.6. The molecule has 2 heterocycles. The zero-order chi connectivity index (χ0) is 21.3. The predicted molar refractivity (Wildman–Crippen MR) is 114 cm³/mol. The highest BCUT2D eigenvalue weighted by Gasteiger charge is 2.26. The minimum Gasteiger partial charge on any atom is -0.362 e. The van der Waals surface area contributed by atoms with Crippen LogP contribution in [-0.2, 0) is 11.2 Å². The lowest BCUT2D eigenvalue weighted by atomic mass is 10.1. The SMILES string of the molecule is CC(=O)c1ccc(N2CCN(C(=O)Cc3c[nH]c4ccccc34)CC2)c([N+](=O)[O-])c1. The summed E-state index contributed by atoms with van der Waals surface area (Å²) < 4.78 is 0. The summed E-state index contributed by atoms with van der Waals surface area (Å²) in [6, 6.07) is 12.4. The molecule has 8 nitrogen and oxygen atoms in total. The van der Waals surface area contributed by atoms with Gasteiger partial charge in [0.1, 0.15) is 5.69 Å². The fourth-order valence-corrected chi connectivity index (χ4v) is 3.91. The van der Waals surface area contributed by atoms with E-state index in [0.29, 0.717) is 43.9 Å². The van der Waals surface area contributed by atoms with Crippen molar-refractivity contribution in [2.75, 3.05) is 31.1 Å². The summed E-state index contributed by atoms with van der Waals surface area (Å²) in [7, 11) is 0. The number of nitro groups is 1. The van der Waals surface area contributed by atoms with Gasteiger partial charge in [-0.25, -0.2) is 0 Å². The van der Waals surface area contributed by atoms with Crippen LogP contribution >= 0.6 is 0 Å². The van der Waals surface area contributed by atoms with Gasteiger partial charge in [-0.05, 0) is 30.7 Å². The van der Waals surface area contributed by atoms with Crippen molar-refractivity contribution in [1.82, 2.24) is 9.88 Å². The maximum absolute atomic E-state index is 12.8. The van der Waals surface area contributed by atoms with Gasteiger partial charge < -0.3 is 14.8 Å². The van der Waals surface area contributed by atoms with Gasteiger partial charge in [0.05, 0.1) is 11.3 Å². The minimum atomic E-state index is -0.462. The summed E-state index contributed by atoms with van der Waals surface area (Å²) in [5.41, 5.74) is 2.69. The number of fused-ring (bicyclic) bond motifs is 1. The summed E-state index contributed by atoms with van der Waals surface area (Å²) in [4.78, 5) is 42.3. The highest BCUT2D eigenvalue weighted by Crippen LogP contribution is 2.30. The molecule has 0 spiro atoms. The molecule has 154 valence electrons. The van der Waals surface area contributed by atoms with E-state index >= 15 is 0 Å². The van der Waals surface area contributed by atoms with Gasteiger partial charge in [-0.2, -0.15) is 0 Å². The maximum atomic E-state index is 12.8. The number of nitrogens with zero attached hydrogens (tertiary/aromatic N) is 3. The van der Waals surface area contributed by atoms with Crippen LogP contribution in [-0.4, -0.2) is 52.7 Å². The Morgan fingerprint density at radius 2 is 1.83 bits per heavy atom. The van der Waals surface area contributed by atoms with Crippen molar-refractivity contribution in [1.29, 1.82) is 0 Å². The molecule has 3 aromatic rings. The number of anilines is 1. The highest BCUT2D eigenvalue weighted by molar-refractivity contribution is 5.95. The van der Waals surface area contributed by atoms with Gasteiger partial charge >= 0.3 is 0 Å². The van der Waals surface area contributed by atoms with Crippen molar-refractivity contribution in [2.45, 2.75) is 13.3 Å². The molecule has 0 saturated carbocycles. The van der Waals surface area contributed by atoms with Crippen LogP contribution in [0.15, 0.2) is 48.7 Å². The van der Waals surface area contributed by atoms with Crippen LogP contribution in [0.3, 0.4) is 0 Å². The molecule has 8 heteroatoms. The first-order valence-corrected chi connectivity index (χ1v) is 9.81. The van der Waals surface area contributed by atoms with Crippen LogP contribution in [0.2, 0.25) is 0 Å². The number of aromatic amines is 1. The van der Waals surface area contributed by atoms with Crippen LogP contribution in [0, 0.1) is 10.1 Å². The number of piperazine rings is 1. The van der Waals surface area contributed by atoms with Gasteiger partial charge in [0.15, 0.2) is 5.78 Å². The second-order valence-electron chi connectivity index (χ2n) is 7.42. The van der Waals surface area contributed by atoms with E-state index in [2.05, 4.69) is 4.98 Å². The zero-order valence-corrected chi connectivity index (χ0v) is 16.6. The third kappa shape index (κ3) is 3.76. The normalized spacial score (nSPS) is 14.2. The summed E-state index contributed by atoms with van der Waals surface area (Å²) in [6.45, 7) is 3.37. The Labute approximate surface area is 173 Å². The largest absolute Gasteiger partial charge is 0.362 e. The molecular formula is C22H22N4O4. The quantitative estimate of drug-likeness (QED) is 0.399. The predicted octanol–water partition coefficient (Wildman–Crippen LogP) is 3.17. The van der Waals surface area contributed by atoms with Gasteiger partial charge in [-0.3, -0.25) is 19.7 Å². The monoisotopic (exact) mass is 406 g/mol. The van der Waals surface area contributed by atoms with Gasteiger partial charge in [0.25, 0.3) is 5.69 Å². The molecule has 4 rings (SSSR count). The van der Waals surface area contributed by atoms with Gasteiger partial charge in [-0.15, -0.1) is 0 Å². The molecule has 1 aliphatic rings. The molecule has 0 unspecified atom stereocenters. The number of para-hydroxylation sites is 1. The molecule has 1 aliphatic heterocycles. The molecule has 1 N–H and O–H groups in total. The standard InChI is InChI=1S/C22H22N4O4/c1-15(27)16-6-7-20(21(12-16)26(29)30)24-8-10-25(11-9-24)22(28)13-17-14-23-19-5-3-2-4-18(17)19/h2-7,12,14,23H,8-11,13H2,1H3. The van der Waals surface area contributed by atoms with Gasteiger partial charge in [0.2, 0.25) is 5.91 Å². The summed E-state index contributed by atoms with van der Waals surface area (Å²) in [5, 5.41) is 12.5. The molecule has 1 aromatic heterocycles. The number of carbonyl (C=O) groups excluding carboxylic acids is 2. The van der Waals surface area contributed by atoms with Crippen LogP contribution in [0.1, 0.15) is 22.8 Å². The average molecular weight is 406 g/mol. The number of hydrogen-bond acceptors (Lipinski definition) is 5. The number of Topliss-reactive ketones (excluding diaryl/α,β-unsaturated/α-hetero) is 1. The molecule has 1 amide bonds. The number of H-pyrrole nitrogens is 1. The second kappa shape index (κ2) is 7.98. The smallest absolute Gasteiger partial charge is 0.293 e. The first-order chi connectivity index (χ1) is 14.4. The Bertz CT molecular complexity index is 1130. The Balaban J connectivity index is 1.44. The van der Waals surface area contributed by atoms with E-state index in [9.17, 15) is 19.7 Å². The van der Waals surface area contributed by atoms with Crippen LogP contribution in [0.4, 0.5) is 11.4 Å². The van der Waals surface area contributed by atoms with Gasteiger partial charge in [-0.1, -0.05) is 18.2 Å². The van der Waals surface area contributed by atoms with E-state index in [4.69, 9.17) is 0 Å². The summed E-state index contributed by atoms with van der Waals surface area (Å²) >= 11 is 0. The van der Waals surface area contributed by atoms with E-state index in [1.165, 1.54) is 13.0 Å². The lowest BCUT2D eigenvalue weighted by Crippen LogP contribution is -2.49. The van der Waals surface area contributed by atoms with Crippen LogP contribution in [0.5, 0.6) is 0 Å². The molecule has 0 atom stereocenters. The number of nitrogens with one attached hydrogen (secondary N) is 1. The maximum Gasteiger partial charge on any atom is 0.293 e. The number of benzene rings is 2. The Hall–Kier alpha value is -3.68. The van der Waals surface area contributed by atoms with Gasteiger partial charge in [0, 0.05) is 54.9 Å². The van der Waals surface area contributed by atoms with Crippen molar-refractivity contribution in [3.8, 4) is 0 Å². The Morgan fingerprint density at radius 1 is 1.10 bits per heavy atom. The summed E-state index contributed by atoms with van der Waals surface area (Å²) in [5.74, 6) is -0.168. The molecule has 0 bridgehead atoms. The first kappa shape index (κ1) is 19.6. The average Bonchev–Trinajstić information content (AvgIpc) is 3.16.